The lowest BCUT2D eigenvalue weighted by Gasteiger charge is -2.32. The zero-order valence-electron chi connectivity index (χ0n) is 14.3. The molecule has 0 aromatic rings. The summed E-state index contributed by atoms with van der Waals surface area (Å²) in [4.78, 5) is 25.3. The van der Waals surface area contributed by atoms with Gasteiger partial charge in [0.1, 0.15) is 6.61 Å². The number of likely N-dealkylation sites (N-methyl/N-ethyl adjacent to an activating group) is 1. The fraction of sp³-hybridized carbons (Fsp3) is 0.857. The molecule has 23 heavy (non-hydrogen) atoms. The number of carbonyl (C=O) groups excluding carboxylic acids is 2. The normalized spacial score (nSPS) is 17.7. The molecule has 0 aromatic heterocycles. The van der Waals surface area contributed by atoms with Gasteiger partial charge >= 0.3 is 5.97 Å². The minimum atomic E-state index is -3.50. The fourth-order valence-electron chi connectivity index (χ4n) is 2.39. The van der Waals surface area contributed by atoms with Crippen LogP contribution in [0.25, 0.3) is 0 Å². The molecule has 0 aliphatic carbocycles. The Kier molecular flexibility index (Phi) is 7.43. The number of esters is 1. The number of hydrogen-bond donors (Lipinski definition) is 0. The second kappa shape index (κ2) is 8.60. The van der Waals surface area contributed by atoms with Crippen LogP contribution in [0.5, 0.6) is 0 Å². The maximum Gasteiger partial charge on any atom is 0.307 e. The van der Waals surface area contributed by atoms with Crippen molar-refractivity contribution in [1.29, 1.82) is 0 Å². The molecular formula is C14H27N3O5S. The van der Waals surface area contributed by atoms with E-state index in [0.717, 1.165) is 21.5 Å². The molecule has 0 spiro atoms. The first-order valence-electron chi connectivity index (χ1n) is 7.75. The molecule has 1 amide bonds. The molecule has 1 saturated heterocycles. The first-order chi connectivity index (χ1) is 10.7. The van der Waals surface area contributed by atoms with Crippen LogP contribution in [0.3, 0.4) is 0 Å². The number of likely N-dealkylation sites (tertiary alicyclic amines) is 1. The van der Waals surface area contributed by atoms with Gasteiger partial charge in [-0.25, -0.2) is 0 Å². The van der Waals surface area contributed by atoms with E-state index in [9.17, 15) is 18.0 Å². The Balaban J connectivity index is 2.35. The van der Waals surface area contributed by atoms with Crippen LogP contribution in [0, 0.1) is 0 Å². The smallest absolute Gasteiger partial charge is 0.307 e. The predicted octanol–water partition coefficient (Wildman–Crippen LogP) is 0.0589. The van der Waals surface area contributed by atoms with Gasteiger partial charge in [0.05, 0.1) is 6.42 Å². The van der Waals surface area contributed by atoms with Crippen molar-refractivity contribution in [2.24, 2.45) is 0 Å². The first-order valence-corrected chi connectivity index (χ1v) is 9.15. The number of carbonyl (C=O) groups is 2. The zero-order valence-corrected chi connectivity index (χ0v) is 15.1. The molecule has 8 nitrogen and oxygen atoms in total. The largest absolute Gasteiger partial charge is 0.464 e. The zero-order chi connectivity index (χ0) is 17.6. The van der Waals surface area contributed by atoms with Crippen molar-refractivity contribution in [3.63, 3.8) is 0 Å². The molecule has 0 bridgehead atoms. The van der Waals surface area contributed by atoms with Gasteiger partial charge in [-0.05, 0) is 19.8 Å². The molecule has 1 aliphatic rings. The highest BCUT2D eigenvalue weighted by Gasteiger charge is 2.25. The van der Waals surface area contributed by atoms with Crippen LogP contribution in [-0.2, 0) is 24.5 Å². The highest BCUT2D eigenvalue weighted by atomic mass is 32.2. The van der Waals surface area contributed by atoms with Crippen molar-refractivity contribution >= 4 is 22.1 Å². The lowest BCUT2D eigenvalue weighted by molar-refractivity contribution is -0.146. The summed E-state index contributed by atoms with van der Waals surface area (Å²) in [6, 6.07) is -0.196. The topological polar surface area (TPSA) is 87.2 Å². The number of rotatable bonds is 8. The van der Waals surface area contributed by atoms with Crippen LogP contribution in [0.15, 0.2) is 0 Å². The van der Waals surface area contributed by atoms with Crippen LogP contribution < -0.4 is 0 Å². The van der Waals surface area contributed by atoms with E-state index in [1.54, 1.807) is 4.90 Å². The summed E-state index contributed by atoms with van der Waals surface area (Å²) in [5.41, 5.74) is 0. The van der Waals surface area contributed by atoms with Gasteiger partial charge in [-0.15, -0.1) is 0 Å². The van der Waals surface area contributed by atoms with E-state index in [1.807, 2.05) is 6.92 Å². The maximum atomic E-state index is 11.8. The summed E-state index contributed by atoms with van der Waals surface area (Å²) < 4.78 is 30.9. The Morgan fingerprint density at radius 2 is 1.96 bits per heavy atom. The molecular weight excluding hydrogens is 322 g/mol. The van der Waals surface area contributed by atoms with Gasteiger partial charge < -0.3 is 9.64 Å². The van der Waals surface area contributed by atoms with Gasteiger partial charge in [0.2, 0.25) is 5.91 Å². The molecule has 134 valence electrons. The molecule has 1 heterocycles. The summed E-state index contributed by atoms with van der Waals surface area (Å²) >= 11 is 0. The number of ether oxygens (including phenoxy) is 1. The van der Waals surface area contributed by atoms with Crippen molar-refractivity contribution in [2.75, 3.05) is 40.8 Å². The standard InChI is InChI=1S/C14H27N3O5S/c1-12(17-8-6-5-7-13(17)18)11-14(19)22-10-9-16(4)23(20,21)15(2)3/h12H,5-11H2,1-4H3. The highest BCUT2D eigenvalue weighted by Crippen LogP contribution is 2.15. The van der Waals surface area contributed by atoms with Crippen molar-refractivity contribution < 1.29 is 22.7 Å². The lowest BCUT2D eigenvalue weighted by atomic mass is 10.1. The Labute approximate surface area is 138 Å². The molecule has 1 rings (SSSR count). The van der Waals surface area contributed by atoms with Crippen LogP contribution >= 0.6 is 0 Å². The number of nitrogens with zero attached hydrogens (tertiary/aromatic N) is 3. The van der Waals surface area contributed by atoms with Crippen molar-refractivity contribution in [3.05, 3.63) is 0 Å². The van der Waals surface area contributed by atoms with E-state index in [0.29, 0.717) is 13.0 Å². The third-order valence-corrected chi connectivity index (χ3v) is 5.77. The molecule has 1 fully saturated rings. The van der Waals surface area contributed by atoms with E-state index in [-0.39, 0.29) is 31.5 Å². The summed E-state index contributed by atoms with van der Waals surface area (Å²) in [7, 11) is 0.808. The SMILES string of the molecule is CC(CC(=O)OCCN(C)S(=O)(=O)N(C)C)N1CCCCC1=O. The van der Waals surface area contributed by atoms with Crippen molar-refractivity contribution in [3.8, 4) is 0 Å². The Bertz CT molecular complexity index is 521. The third-order valence-electron chi connectivity index (χ3n) is 3.88. The first kappa shape index (κ1) is 19.9. The van der Waals surface area contributed by atoms with Crippen LogP contribution in [0.1, 0.15) is 32.6 Å². The van der Waals surface area contributed by atoms with Crippen LogP contribution in [0.4, 0.5) is 0 Å². The third kappa shape index (κ3) is 5.74. The average Bonchev–Trinajstić information content (AvgIpc) is 2.47. The maximum absolute atomic E-state index is 11.8. The van der Waals surface area contributed by atoms with Crippen molar-refractivity contribution in [1.82, 2.24) is 13.5 Å². The Hall–Kier alpha value is -1.19. The molecule has 1 unspecified atom stereocenters. The molecule has 0 N–H and O–H groups in total. The van der Waals surface area contributed by atoms with Crippen molar-refractivity contribution in [2.45, 2.75) is 38.6 Å². The van der Waals surface area contributed by atoms with Gasteiger partial charge in [-0.3, -0.25) is 9.59 Å². The molecule has 1 aliphatic heterocycles. The molecule has 0 saturated carbocycles. The minimum Gasteiger partial charge on any atom is -0.464 e. The second-order valence-electron chi connectivity index (χ2n) is 5.93. The van der Waals surface area contributed by atoms with Gasteiger partial charge in [0, 0.05) is 46.7 Å². The lowest BCUT2D eigenvalue weighted by Crippen LogP contribution is -2.43. The summed E-state index contributed by atoms with van der Waals surface area (Å²) in [5.74, 6) is -0.347. The summed E-state index contributed by atoms with van der Waals surface area (Å²) in [6.07, 6.45) is 2.51. The van der Waals surface area contributed by atoms with E-state index in [4.69, 9.17) is 4.74 Å². The second-order valence-corrected chi connectivity index (χ2v) is 8.18. The highest BCUT2D eigenvalue weighted by molar-refractivity contribution is 7.86. The average molecular weight is 349 g/mol. The number of piperidine rings is 1. The molecule has 0 radical (unpaired) electrons. The number of amides is 1. The van der Waals surface area contributed by atoms with E-state index < -0.39 is 16.2 Å². The van der Waals surface area contributed by atoms with E-state index >= 15 is 0 Å². The predicted molar refractivity (Wildman–Crippen MR) is 85.8 cm³/mol. The summed E-state index contributed by atoms with van der Waals surface area (Å²) in [5, 5.41) is 0. The quantitative estimate of drug-likeness (QED) is 0.578. The van der Waals surface area contributed by atoms with Gasteiger partial charge in [-0.1, -0.05) is 0 Å². The van der Waals surface area contributed by atoms with Crippen LogP contribution in [0.2, 0.25) is 0 Å². The Morgan fingerprint density at radius 1 is 1.30 bits per heavy atom. The van der Waals surface area contributed by atoms with E-state index in [1.165, 1.54) is 21.1 Å². The Morgan fingerprint density at radius 3 is 2.52 bits per heavy atom. The fourth-order valence-corrected chi connectivity index (χ4v) is 3.25. The van der Waals surface area contributed by atoms with Gasteiger partial charge in [0.25, 0.3) is 10.2 Å². The molecule has 9 heteroatoms. The monoisotopic (exact) mass is 349 g/mol. The van der Waals surface area contributed by atoms with Gasteiger partial charge in [-0.2, -0.15) is 17.0 Å². The summed E-state index contributed by atoms with van der Waals surface area (Å²) in [6.45, 7) is 2.58. The minimum absolute atomic E-state index is 0.0108. The number of hydrogen-bond acceptors (Lipinski definition) is 5. The van der Waals surface area contributed by atoms with E-state index in [2.05, 4.69) is 0 Å². The van der Waals surface area contributed by atoms with Crippen LogP contribution in [-0.4, -0.2) is 80.7 Å². The molecule has 1 atom stereocenters. The van der Waals surface area contributed by atoms with Gasteiger partial charge in [0.15, 0.2) is 0 Å². The molecule has 0 aromatic carbocycles.